The van der Waals surface area contributed by atoms with Crippen molar-refractivity contribution in [3.8, 4) is 28.3 Å². The van der Waals surface area contributed by atoms with E-state index in [2.05, 4.69) is 56.8 Å². The van der Waals surface area contributed by atoms with Crippen LogP contribution in [0.3, 0.4) is 0 Å². The van der Waals surface area contributed by atoms with Gasteiger partial charge in [0.1, 0.15) is 11.5 Å². The smallest absolute Gasteiger partial charge is 0.226 e. The van der Waals surface area contributed by atoms with Crippen LogP contribution in [0.1, 0.15) is 22.8 Å². The maximum absolute atomic E-state index is 6.00. The molecule has 0 saturated heterocycles. The summed E-state index contributed by atoms with van der Waals surface area (Å²) in [5, 5.41) is 12.3. The van der Waals surface area contributed by atoms with Gasteiger partial charge in [-0.3, -0.25) is 0 Å². The number of oxazole rings is 1. The lowest BCUT2D eigenvalue weighted by Gasteiger charge is -2.10. The molecule has 35 heavy (non-hydrogen) atoms. The van der Waals surface area contributed by atoms with E-state index in [4.69, 9.17) is 9.15 Å². The molecule has 0 aliphatic rings. The quantitative estimate of drug-likeness (QED) is 0.296. The molecule has 3 aromatic carbocycles. The average Bonchev–Trinajstić information content (AvgIpc) is 3.49. The van der Waals surface area contributed by atoms with Gasteiger partial charge in [0, 0.05) is 18.4 Å². The van der Waals surface area contributed by atoms with Gasteiger partial charge in [-0.15, -0.1) is 10.2 Å². The second-order valence-corrected chi connectivity index (χ2v) is 8.36. The van der Waals surface area contributed by atoms with Crippen molar-refractivity contribution in [3.05, 3.63) is 102 Å². The Morgan fingerprint density at radius 2 is 1.60 bits per heavy atom. The third-order valence-electron chi connectivity index (χ3n) is 5.87. The van der Waals surface area contributed by atoms with Gasteiger partial charge in [-0.1, -0.05) is 54.6 Å². The number of rotatable bonds is 9. The summed E-state index contributed by atoms with van der Waals surface area (Å²) >= 11 is 0. The van der Waals surface area contributed by atoms with Crippen LogP contribution in [0.5, 0.6) is 5.75 Å². The number of hydrogen-bond donors (Lipinski definition) is 0. The minimum absolute atomic E-state index is 0.530. The molecule has 0 unspecified atom stereocenters. The summed E-state index contributed by atoms with van der Waals surface area (Å²) in [6.45, 7) is 2.48. The lowest BCUT2D eigenvalue weighted by Crippen LogP contribution is -2.02. The topological polar surface area (TPSA) is 78.9 Å². The monoisotopic (exact) mass is 465 g/mol. The van der Waals surface area contributed by atoms with Gasteiger partial charge in [-0.2, -0.15) is 4.80 Å². The Morgan fingerprint density at radius 1 is 0.829 bits per heavy atom. The molecule has 5 rings (SSSR count). The fraction of sp³-hybridized carbons (Fsp3) is 0.214. The van der Waals surface area contributed by atoms with E-state index in [0.29, 0.717) is 18.9 Å². The predicted molar refractivity (Wildman–Crippen MR) is 134 cm³/mol. The molecule has 2 heterocycles. The summed E-state index contributed by atoms with van der Waals surface area (Å²) in [7, 11) is 1.78. The number of benzene rings is 3. The highest BCUT2D eigenvalue weighted by atomic mass is 16.5. The second kappa shape index (κ2) is 10.3. The van der Waals surface area contributed by atoms with Crippen LogP contribution >= 0.6 is 0 Å². The van der Waals surface area contributed by atoms with E-state index in [-0.39, 0.29) is 0 Å². The zero-order valence-electron chi connectivity index (χ0n) is 19.9. The molecule has 0 bridgehead atoms. The van der Waals surface area contributed by atoms with Crippen molar-refractivity contribution in [3.63, 3.8) is 0 Å². The Morgan fingerprint density at radius 3 is 2.37 bits per heavy atom. The molecule has 176 valence electrons. The van der Waals surface area contributed by atoms with Gasteiger partial charge in [0.25, 0.3) is 0 Å². The molecule has 0 aliphatic carbocycles. The summed E-state index contributed by atoms with van der Waals surface area (Å²) in [4.78, 5) is 6.15. The molecule has 0 amide bonds. The number of nitrogens with zero attached hydrogens (tertiary/aromatic N) is 5. The molecule has 7 nitrogen and oxygen atoms in total. The second-order valence-electron chi connectivity index (χ2n) is 8.36. The van der Waals surface area contributed by atoms with Crippen LogP contribution in [0.4, 0.5) is 0 Å². The summed E-state index contributed by atoms with van der Waals surface area (Å²) < 4.78 is 11.9. The molecule has 2 aromatic heterocycles. The lowest BCUT2D eigenvalue weighted by atomic mass is 9.96. The number of aryl methyl sites for hydroxylation is 4. The fourth-order valence-electron chi connectivity index (χ4n) is 4.05. The molecule has 0 fully saturated rings. The third kappa shape index (κ3) is 5.46. The van der Waals surface area contributed by atoms with E-state index >= 15 is 0 Å². The van der Waals surface area contributed by atoms with Crippen molar-refractivity contribution in [2.45, 2.75) is 26.2 Å². The fourth-order valence-corrected chi connectivity index (χ4v) is 4.05. The predicted octanol–water partition coefficient (Wildman–Crippen LogP) is 5.25. The molecule has 0 saturated carbocycles. The molecule has 0 spiro atoms. The van der Waals surface area contributed by atoms with Crippen LogP contribution in [-0.2, 0) is 26.3 Å². The van der Waals surface area contributed by atoms with Gasteiger partial charge in [0.05, 0.1) is 19.3 Å². The van der Waals surface area contributed by atoms with E-state index in [1.54, 1.807) is 7.05 Å². The number of aromatic nitrogens is 5. The first-order valence-corrected chi connectivity index (χ1v) is 11.7. The SMILES string of the molecule is Cc1oc(-c2ccccc2)nc1CCOc1ccc(-c2ccccc2CCc2nnn(C)n2)cc1. The Kier molecular flexibility index (Phi) is 6.66. The highest BCUT2D eigenvalue weighted by molar-refractivity contribution is 5.68. The molecule has 5 aromatic rings. The molecule has 0 aliphatic heterocycles. The first-order chi connectivity index (χ1) is 17.2. The van der Waals surface area contributed by atoms with Crippen molar-refractivity contribution in [2.24, 2.45) is 7.05 Å². The van der Waals surface area contributed by atoms with Crippen LogP contribution in [0.25, 0.3) is 22.6 Å². The Balaban J connectivity index is 1.20. The van der Waals surface area contributed by atoms with Crippen molar-refractivity contribution >= 4 is 0 Å². The first-order valence-electron chi connectivity index (χ1n) is 11.7. The molecule has 0 N–H and O–H groups in total. The van der Waals surface area contributed by atoms with E-state index < -0.39 is 0 Å². The van der Waals surface area contributed by atoms with E-state index in [9.17, 15) is 0 Å². The molecule has 0 atom stereocenters. The lowest BCUT2D eigenvalue weighted by molar-refractivity contribution is 0.320. The van der Waals surface area contributed by atoms with Crippen LogP contribution < -0.4 is 4.74 Å². The highest BCUT2D eigenvalue weighted by Gasteiger charge is 2.12. The molecular formula is C28H27N5O2. The summed E-state index contributed by atoms with van der Waals surface area (Å²) in [6.07, 6.45) is 2.28. The van der Waals surface area contributed by atoms with E-state index in [0.717, 1.165) is 47.0 Å². The minimum Gasteiger partial charge on any atom is -0.493 e. The Hall–Kier alpha value is -4.26. The van der Waals surface area contributed by atoms with Crippen LogP contribution in [0.2, 0.25) is 0 Å². The number of hydrogen-bond acceptors (Lipinski definition) is 6. The standard InChI is InChI=1S/C28H27N5O2/c1-20-26(29-28(35-20)23-9-4-3-5-10-23)18-19-34-24-15-12-22(13-16-24)25-11-7-6-8-21(25)14-17-27-30-32-33(2)31-27/h3-13,15-16H,14,17-19H2,1-2H3. The van der Waals surface area contributed by atoms with Gasteiger partial charge in [-0.25, -0.2) is 4.98 Å². The average molecular weight is 466 g/mol. The van der Waals surface area contributed by atoms with Gasteiger partial charge < -0.3 is 9.15 Å². The molecule has 7 heteroatoms. The minimum atomic E-state index is 0.530. The third-order valence-corrected chi connectivity index (χ3v) is 5.87. The van der Waals surface area contributed by atoms with Gasteiger partial charge in [0.2, 0.25) is 5.89 Å². The summed E-state index contributed by atoms with van der Waals surface area (Å²) in [6, 6.07) is 26.6. The normalized spacial score (nSPS) is 11.0. The summed E-state index contributed by atoms with van der Waals surface area (Å²) in [5.41, 5.74) is 5.51. The Labute approximate surface area is 204 Å². The van der Waals surface area contributed by atoms with Crippen LogP contribution in [-0.4, -0.2) is 31.8 Å². The summed E-state index contributed by atoms with van der Waals surface area (Å²) in [5.74, 6) is 3.07. The first kappa shape index (κ1) is 22.5. The van der Waals surface area contributed by atoms with Gasteiger partial charge >= 0.3 is 0 Å². The maximum Gasteiger partial charge on any atom is 0.226 e. The van der Waals surface area contributed by atoms with E-state index in [1.165, 1.54) is 15.9 Å². The van der Waals surface area contributed by atoms with Crippen molar-refractivity contribution in [2.75, 3.05) is 6.61 Å². The zero-order chi connectivity index (χ0) is 24.0. The maximum atomic E-state index is 6.00. The number of ether oxygens (including phenoxy) is 1. The van der Waals surface area contributed by atoms with Crippen LogP contribution in [0.15, 0.2) is 83.3 Å². The van der Waals surface area contributed by atoms with Crippen LogP contribution in [0, 0.1) is 6.92 Å². The van der Waals surface area contributed by atoms with Gasteiger partial charge in [-0.05, 0) is 59.5 Å². The largest absolute Gasteiger partial charge is 0.493 e. The van der Waals surface area contributed by atoms with Gasteiger partial charge in [0.15, 0.2) is 5.82 Å². The number of tetrazole rings is 1. The molecule has 0 radical (unpaired) electrons. The Bertz CT molecular complexity index is 1390. The van der Waals surface area contributed by atoms with Crippen molar-refractivity contribution in [1.82, 2.24) is 25.2 Å². The van der Waals surface area contributed by atoms with Crippen molar-refractivity contribution < 1.29 is 9.15 Å². The van der Waals surface area contributed by atoms with Crippen molar-refractivity contribution in [1.29, 1.82) is 0 Å². The van der Waals surface area contributed by atoms with E-state index in [1.807, 2.05) is 49.4 Å². The highest BCUT2D eigenvalue weighted by Crippen LogP contribution is 2.27. The zero-order valence-corrected chi connectivity index (χ0v) is 19.9. The molecular weight excluding hydrogens is 438 g/mol.